The van der Waals surface area contributed by atoms with Gasteiger partial charge in [0.05, 0.1) is 0 Å². The van der Waals surface area contributed by atoms with Gasteiger partial charge in [-0.3, -0.25) is 4.90 Å². The molecule has 1 atom stereocenters. The monoisotopic (exact) mass is 265 g/mol. The molecule has 0 aliphatic carbocycles. The fourth-order valence-electron chi connectivity index (χ4n) is 2.76. The van der Waals surface area contributed by atoms with Crippen LogP contribution in [0.4, 0.5) is 4.39 Å². The number of nitrogens with zero attached hydrogens (tertiary/aromatic N) is 2. The van der Waals surface area contributed by atoms with Crippen LogP contribution in [-0.4, -0.2) is 49.1 Å². The Morgan fingerprint density at radius 2 is 1.95 bits per heavy atom. The molecule has 19 heavy (non-hydrogen) atoms. The van der Waals surface area contributed by atoms with Gasteiger partial charge in [-0.1, -0.05) is 19.1 Å². The van der Waals surface area contributed by atoms with E-state index in [9.17, 15) is 4.39 Å². The van der Waals surface area contributed by atoms with Gasteiger partial charge in [-0.25, -0.2) is 4.39 Å². The summed E-state index contributed by atoms with van der Waals surface area (Å²) in [7, 11) is 0. The Bertz CT molecular complexity index is 414. The van der Waals surface area contributed by atoms with Gasteiger partial charge in [0.25, 0.3) is 0 Å². The molecule has 0 amide bonds. The van der Waals surface area contributed by atoms with E-state index in [0.29, 0.717) is 12.1 Å². The fourth-order valence-corrected chi connectivity index (χ4v) is 2.76. The number of hydrogen-bond donors (Lipinski definition) is 1. The van der Waals surface area contributed by atoms with Gasteiger partial charge in [0.15, 0.2) is 0 Å². The van der Waals surface area contributed by atoms with E-state index in [1.54, 1.807) is 13.0 Å². The van der Waals surface area contributed by atoms with Crippen LogP contribution < -0.4 is 5.73 Å². The van der Waals surface area contributed by atoms with Crippen LogP contribution in [0.5, 0.6) is 0 Å². The molecule has 0 aromatic heterocycles. The number of likely N-dealkylation sites (N-methyl/N-ethyl adjacent to an activating group) is 1. The molecule has 2 N–H and O–H groups in total. The topological polar surface area (TPSA) is 32.5 Å². The van der Waals surface area contributed by atoms with Crippen molar-refractivity contribution in [3.05, 3.63) is 35.1 Å². The highest BCUT2D eigenvalue weighted by Crippen LogP contribution is 2.23. The Kier molecular flexibility index (Phi) is 4.91. The van der Waals surface area contributed by atoms with Crippen molar-refractivity contribution in [2.45, 2.75) is 19.9 Å². The van der Waals surface area contributed by atoms with Crippen LogP contribution >= 0.6 is 0 Å². The van der Waals surface area contributed by atoms with Crippen molar-refractivity contribution < 1.29 is 4.39 Å². The summed E-state index contributed by atoms with van der Waals surface area (Å²) in [5, 5.41) is 0. The van der Waals surface area contributed by atoms with Crippen LogP contribution in [-0.2, 0) is 0 Å². The molecule has 1 saturated heterocycles. The SMILES string of the molecule is CCN1CCN(C(CN)c2ccc(F)c(C)c2)CC1. The molecule has 2 rings (SSSR count). The van der Waals surface area contributed by atoms with Crippen LogP contribution in [0.2, 0.25) is 0 Å². The highest BCUT2D eigenvalue weighted by molar-refractivity contribution is 5.27. The predicted octanol–water partition coefficient (Wildman–Crippen LogP) is 1.77. The lowest BCUT2D eigenvalue weighted by molar-refractivity contribution is 0.102. The van der Waals surface area contributed by atoms with Gasteiger partial charge in [-0.05, 0) is 30.7 Å². The van der Waals surface area contributed by atoms with Gasteiger partial charge < -0.3 is 10.6 Å². The fraction of sp³-hybridized carbons (Fsp3) is 0.600. The van der Waals surface area contributed by atoms with Crippen molar-refractivity contribution in [1.29, 1.82) is 0 Å². The maximum atomic E-state index is 13.4. The zero-order valence-corrected chi connectivity index (χ0v) is 11.9. The molecular weight excluding hydrogens is 241 g/mol. The molecule has 1 aliphatic rings. The summed E-state index contributed by atoms with van der Waals surface area (Å²) in [4.78, 5) is 4.86. The largest absolute Gasteiger partial charge is 0.329 e. The first-order chi connectivity index (χ1) is 9.15. The molecule has 1 fully saturated rings. The number of halogens is 1. The van der Waals surface area contributed by atoms with Crippen molar-refractivity contribution in [3.63, 3.8) is 0 Å². The van der Waals surface area contributed by atoms with Crippen LogP contribution in [0.15, 0.2) is 18.2 Å². The Morgan fingerprint density at radius 1 is 1.26 bits per heavy atom. The van der Waals surface area contributed by atoms with E-state index < -0.39 is 0 Å². The van der Waals surface area contributed by atoms with Gasteiger partial charge in [0.2, 0.25) is 0 Å². The number of hydrogen-bond acceptors (Lipinski definition) is 3. The maximum Gasteiger partial charge on any atom is 0.126 e. The highest BCUT2D eigenvalue weighted by Gasteiger charge is 2.23. The minimum absolute atomic E-state index is 0.143. The molecule has 0 saturated carbocycles. The van der Waals surface area contributed by atoms with Crippen LogP contribution in [0.3, 0.4) is 0 Å². The van der Waals surface area contributed by atoms with E-state index in [2.05, 4.69) is 16.7 Å². The number of benzene rings is 1. The summed E-state index contributed by atoms with van der Waals surface area (Å²) in [5.41, 5.74) is 7.77. The Hall–Kier alpha value is -0.970. The van der Waals surface area contributed by atoms with Crippen molar-refractivity contribution in [1.82, 2.24) is 9.80 Å². The van der Waals surface area contributed by atoms with Gasteiger partial charge in [-0.2, -0.15) is 0 Å². The third-order valence-electron chi connectivity index (χ3n) is 4.08. The third-order valence-corrected chi connectivity index (χ3v) is 4.08. The maximum absolute atomic E-state index is 13.4. The molecule has 1 aliphatic heterocycles. The number of piperazine rings is 1. The summed E-state index contributed by atoms with van der Waals surface area (Å²) in [6.45, 7) is 9.94. The summed E-state index contributed by atoms with van der Waals surface area (Å²) in [5.74, 6) is -0.143. The van der Waals surface area contributed by atoms with E-state index in [1.807, 2.05) is 12.1 Å². The number of nitrogens with two attached hydrogens (primary N) is 1. The molecule has 4 heteroatoms. The molecule has 106 valence electrons. The molecule has 1 aromatic rings. The minimum Gasteiger partial charge on any atom is -0.329 e. The van der Waals surface area contributed by atoms with Crippen molar-refractivity contribution in [2.24, 2.45) is 5.73 Å². The lowest BCUT2D eigenvalue weighted by Gasteiger charge is -2.38. The summed E-state index contributed by atoms with van der Waals surface area (Å²) >= 11 is 0. The van der Waals surface area contributed by atoms with Crippen molar-refractivity contribution in [3.8, 4) is 0 Å². The highest BCUT2D eigenvalue weighted by atomic mass is 19.1. The predicted molar refractivity (Wildman–Crippen MR) is 76.6 cm³/mol. The zero-order valence-electron chi connectivity index (χ0n) is 11.9. The molecule has 3 nitrogen and oxygen atoms in total. The van der Waals surface area contributed by atoms with E-state index in [-0.39, 0.29) is 11.9 Å². The minimum atomic E-state index is -0.143. The first-order valence-corrected chi connectivity index (χ1v) is 7.08. The second-order valence-electron chi connectivity index (χ2n) is 5.23. The van der Waals surface area contributed by atoms with E-state index in [0.717, 1.165) is 38.3 Å². The van der Waals surface area contributed by atoms with Gasteiger partial charge in [-0.15, -0.1) is 0 Å². The second kappa shape index (κ2) is 6.46. The molecule has 1 unspecified atom stereocenters. The quantitative estimate of drug-likeness (QED) is 0.900. The zero-order chi connectivity index (χ0) is 13.8. The Labute approximate surface area is 115 Å². The Morgan fingerprint density at radius 3 is 2.47 bits per heavy atom. The normalized spacial score (nSPS) is 19.6. The summed E-state index contributed by atoms with van der Waals surface area (Å²) in [6, 6.07) is 5.55. The van der Waals surface area contributed by atoms with Crippen molar-refractivity contribution >= 4 is 0 Å². The smallest absolute Gasteiger partial charge is 0.126 e. The van der Waals surface area contributed by atoms with Gasteiger partial charge >= 0.3 is 0 Å². The number of aryl methyl sites for hydroxylation is 1. The first-order valence-electron chi connectivity index (χ1n) is 7.08. The second-order valence-corrected chi connectivity index (χ2v) is 5.23. The van der Waals surface area contributed by atoms with Crippen LogP contribution in [0.25, 0.3) is 0 Å². The van der Waals surface area contributed by atoms with E-state index in [4.69, 9.17) is 5.73 Å². The van der Waals surface area contributed by atoms with Crippen LogP contribution in [0, 0.1) is 12.7 Å². The molecule has 1 heterocycles. The van der Waals surface area contributed by atoms with Crippen LogP contribution in [0.1, 0.15) is 24.1 Å². The Balaban J connectivity index is 2.09. The average Bonchev–Trinajstić information content (AvgIpc) is 2.44. The molecular formula is C15H24FN3. The molecule has 0 radical (unpaired) electrons. The number of rotatable bonds is 4. The molecule has 1 aromatic carbocycles. The summed E-state index contributed by atoms with van der Waals surface area (Å²) < 4.78 is 13.4. The summed E-state index contributed by atoms with van der Waals surface area (Å²) in [6.07, 6.45) is 0. The molecule has 0 spiro atoms. The van der Waals surface area contributed by atoms with E-state index >= 15 is 0 Å². The van der Waals surface area contributed by atoms with Gasteiger partial charge in [0, 0.05) is 38.8 Å². The first kappa shape index (κ1) is 14.4. The van der Waals surface area contributed by atoms with Gasteiger partial charge in [0.1, 0.15) is 5.82 Å². The third kappa shape index (κ3) is 3.32. The van der Waals surface area contributed by atoms with E-state index in [1.165, 1.54) is 0 Å². The van der Waals surface area contributed by atoms with Crippen molar-refractivity contribution in [2.75, 3.05) is 39.3 Å². The lowest BCUT2D eigenvalue weighted by Crippen LogP contribution is -2.48. The average molecular weight is 265 g/mol. The lowest BCUT2D eigenvalue weighted by atomic mass is 10.0. The standard InChI is InChI=1S/C15H24FN3/c1-3-18-6-8-19(9-7-18)15(11-17)13-4-5-14(16)12(2)10-13/h4-5,10,15H,3,6-9,11,17H2,1-2H3. The molecule has 0 bridgehead atoms.